The van der Waals surface area contributed by atoms with E-state index >= 15 is 0 Å². The summed E-state index contributed by atoms with van der Waals surface area (Å²) in [6, 6.07) is 3.63. The van der Waals surface area contributed by atoms with Crippen LogP contribution in [0.5, 0.6) is 0 Å². The monoisotopic (exact) mass is 348 g/mol. The van der Waals surface area contributed by atoms with Gasteiger partial charge in [-0.3, -0.25) is 9.36 Å². The van der Waals surface area contributed by atoms with E-state index in [1.807, 2.05) is 6.07 Å². The van der Waals surface area contributed by atoms with Crippen molar-refractivity contribution in [1.82, 2.24) is 19.7 Å². The maximum atomic E-state index is 12.4. The molecule has 8 heteroatoms. The Labute approximate surface area is 145 Å². The summed E-state index contributed by atoms with van der Waals surface area (Å²) in [4.78, 5) is 24.5. The summed E-state index contributed by atoms with van der Waals surface area (Å²) in [6.45, 7) is 1.95. The number of amides is 1. The molecule has 0 spiro atoms. The van der Waals surface area contributed by atoms with Gasteiger partial charge in [0, 0.05) is 26.5 Å². The van der Waals surface area contributed by atoms with Crippen LogP contribution < -0.4 is 11.0 Å². The van der Waals surface area contributed by atoms with Crippen molar-refractivity contribution in [3.05, 3.63) is 40.5 Å². The van der Waals surface area contributed by atoms with Gasteiger partial charge in [0.05, 0.1) is 26.0 Å². The number of fused-ring (bicyclic) bond motifs is 1. The maximum Gasteiger partial charge on any atom is 0.345 e. The van der Waals surface area contributed by atoms with Crippen LogP contribution in [-0.2, 0) is 35.6 Å². The molecular formula is C17H24N4O4. The number of hydrogen-bond donors (Lipinski definition) is 1. The summed E-state index contributed by atoms with van der Waals surface area (Å²) in [5.41, 5.74) is -0.0880. The molecule has 1 unspecified atom stereocenters. The van der Waals surface area contributed by atoms with Crippen LogP contribution in [0, 0.1) is 5.92 Å². The van der Waals surface area contributed by atoms with Gasteiger partial charge in [-0.2, -0.15) is 5.10 Å². The Balaban J connectivity index is 1.52. The third-order valence-corrected chi connectivity index (χ3v) is 4.56. The highest BCUT2D eigenvalue weighted by molar-refractivity contribution is 5.76. The molecule has 3 heterocycles. The lowest BCUT2D eigenvalue weighted by Crippen LogP contribution is -2.27. The number of ether oxygens (including phenoxy) is 1. The number of aromatic nitrogens is 3. The Morgan fingerprint density at radius 1 is 1.48 bits per heavy atom. The summed E-state index contributed by atoms with van der Waals surface area (Å²) in [5.74, 6) is 1.81. The third kappa shape index (κ3) is 4.39. The van der Waals surface area contributed by atoms with E-state index in [2.05, 4.69) is 10.4 Å². The van der Waals surface area contributed by atoms with Crippen LogP contribution in [0.1, 0.15) is 30.8 Å². The number of carbonyl (C=O) groups excluding carboxylic acids is 1. The topological polar surface area (TPSA) is 91.3 Å². The minimum Gasteiger partial charge on any atom is -0.467 e. The second-order valence-electron chi connectivity index (χ2n) is 6.32. The number of hydrogen-bond acceptors (Lipinski definition) is 5. The summed E-state index contributed by atoms with van der Waals surface area (Å²) in [7, 11) is 1.60. The normalized spacial score (nSPS) is 17.1. The van der Waals surface area contributed by atoms with Crippen molar-refractivity contribution in [1.29, 1.82) is 0 Å². The highest BCUT2D eigenvalue weighted by Crippen LogP contribution is 2.21. The largest absolute Gasteiger partial charge is 0.467 e. The summed E-state index contributed by atoms with van der Waals surface area (Å²) in [5, 5.41) is 7.28. The Bertz CT molecular complexity index is 747. The molecule has 0 fully saturated rings. The molecular weight excluding hydrogens is 324 g/mol. The zero-order chi connectivity index (χ0) is 17.6. The van der Waals surface area contributed by atoms with Gasteiger partial charge in [-0.05, 0) is 30.9 Å². The molecule has 0 aromatic carbocycles. The van der Waals surface area contributed by atoms with E-state index in [1.54, 1.807) is 24.0 Å². The molecule has 2 aromatic heterocycles. The zero-order valence-corrected chi connectivity index (χ0v) is 14.4. The first-order valence-electron chi connectivity index (χ1n) is 8.62. The van der Waals surface area contributed by atoms with Crippen molar-refractivity contribution in [2.24, 2.45) is 5.92 Å². The molecule has 1 N–H and O–H groups in total. The molecule has 0 radical (unpaired) electrons. The van der Waals surface area contributed by atoms with Crippen molar-refractivity contribution in [2.75, 3.05) is 13.7 Å². The molecule has 25 heavy (non-hydrogen) atoms. The average Bonchev–Trinajstić information content (AvgIpc) is 3.17. The Hall–Kier alpha value is -2.35. The molecule has 3 rings (SSSR count). The molecule has 0 aliphatic carbocycles. The molecule has 1 amide bonds. The second kappa shape index (κ2) is 8.15. The van der Waals surface area contributed by atoms with Crippen molar-refractivity contribution in [3.63, 3.8) is 0 Å². The Kier molecular flexibility index (Phi) is 5.70. The lowest BCUT2D eigenvalue weighted by atomic mass is 9.96. The van der Waals surface area contributed by atoms with Crippen LogP contribution in [-0.4, -0.2) is 34.0 Å². The van der Waals surface area contributed by atoms with Gasteiger partial charge in [-0.25, -0.2) is 9.48 Å². The molecule has 136 valence electrons. The molecule has 2 aromatic rings. The van der Waals surface area contributed by atoms with Gasteiger partial charge in [0.2, 0.25) is 5.91 Å². The van der Waals surface area contributed by atoms with Gasteiger partial charge in [0.1, 0.15) is 11.6 Å². The molecule has 0 saturated carbocycles. The van der Waals surface area contributed by atoms with E-state index in [0.29, 0.717) is 39.1 Å². The SMILES string of the molecule is COCCn1nc2n(c1=O)CCC(CC(=O)NCc1ccco1)CC2. The van der Waals surface area contributed by atoms with Gasteiger partial charge in [-0.15, -0.1) is 0 Å². The van der Waals surface area contributed by atoms with E-state index in [-0.39, 0.29) is 17.5 Å². The highest BCUT2D eigenvalue weighted by Gasteiger charge is 2.22. The van der Waals surface area contributed by atoms with Crippen LogP contribution in [0.25, 0.3) is 0 Å². The van der Waals surface area contributed by atoms with Crippen molar-refractivity contribution >= 4 is 5.91 Å². The third-order valence-electron chi connectivity index (χ3n) is 4.56. The van der Waals surface area contributed by atoms with E-state index < -0.39 is 0 Å². The highest BCUT2D eigenvalue weighted by atomic mass is 16.5. The fourth-order valence-corrected chi connectivity index (χ4v) is 3.15. The Morgan fingerprint density at radius 2 is 2.36 bits per heavy atom. The van der Waals surface area contributed by atoms with Crippen molar-refractivity contribution in [3.8, 4) is 0 Å². The lowest BCUT2D eigenvalue weighted by Gasteiger charge is -2.13. The summed E-state index contributed by atoms with van der Waals surface area (Å²) >= 11 is 0. The molecule has 1 atom stereocenters. The van der Waals surface area contributed by atoms with E-state index in [1.165, 1.54) is 4.68 Å². The minimum absolute atomic E-state index is 0.0124. The first kappa shape index (κ1) is 17.5. The molecule has 1 aliphatic heterocycles. The van der Waals surface area contributed by atoms with Gasteiger partial charge >= 0.3 is 5.69 Å². The predicted octanol–water partition coefficient (Wildman–Crippen LogP) is 0.943. The van der Waals surface area contributed by atoms with Gasteiger partial charge < -0.3 is 14.5 Å². The Morgan fingerprint density at radius 3 is 3.12 bits per heavy atom. The van der Waals surface area contributed by atoms with Crippen molar-refractivity contribution < 1.29 is 13.9 Å². The fourth-order valence-electron chi connectivity index (χ4n) is 3.15. The maximum absolute atomic E-state index is 12.4. The summed E-state index contributed by atoms with van der Waals surface area (Å²) in [6.07, 6.45) is 4.42. The van der Waals surface area contributed by atoms with E-state index in [0.717, 1.165) is 24.4 Å². The quantitative estimate of drug-likeness (QED) is 0.804. The number of carbonyl (C=O) groups is 1. The predicted molar refractivity (Wildman–Crippen MR) is 90.0 cm³/mol. The van der Waals surface area contributed by atoms with Crippen LogP contribution in [0.3, 0.4) is 0 Å². The molecule has 8 nitrogen and oxygen atoms in total. The number of methoxy groups -OCH3 is 1. The zero-order valence-electron chi connectivity index (χ0n) is 14.4. The van der Waals surface area contributed by atoms with Crippen LogP contribution in [0.4, 0.5) is 0 Å². The number of nitrogens with zero attached hydrogens (tertiary/aromatic N) is 3. The standard InChI is InChI=1S/C17H24N4O4/c1-24-10-8-21-17(23)20-7-6-13(4-5-15(20)19-21)11-16(22)18-12-14-3-2-9-25-14/h2-3,9,13H,4-8,10-12H2,1H3,(H,18,22). The second-order valence-corrected chi connectivity index (χ2v) is 6.32. The lowest BCUT2D eigenvalue weighted by molar-refractivity contribution is -0.122. The molecule has 0 bridgehead atoms. The molecule has 1 aliphatic rings. The molecule has 0 saturated heterocycles. The van der Waals surface area contributed by atoms with Gasteiger partial charge in [-0.1, -0.05) is 0 Å². The summed E-state index contributed by atoms with van der Waals surface area (Å²) < 4.78 is 13.4. The number of furan rings is 1. The van der Waals surface area contributed by atoms with E-state index in [4.69, 9.17) is 9.15 Å². The first-order valence-corrected chi connectivity index (χ1v) is 8.62. The van der Waals surface area contributed by atoms with Crippen molar-refractivity contribution in [2.45, 2.75) is 45.3 Å². The van der Waals surface area contributed by atoms with Crippen LogP contribution in [0.15, 0.2) is 27.6 Å². The minimum atomic E-state index is -0.0880. The average molecular weight is 348 g/mol. The van der Waals surface area contributed by atoms with Crippen LogP contribution in [0.2, 0.25) is 0 Å². The van der Waals surface area contributed by atoms with Crippen LogP contribution >= 0.6 is 0 Å². The smallest absolute Gasteiger partial charge is 0.345 e. The number of nitrogens with one attached hydrogen (secondary N) is 1. The van der Waals surface area contributed by atoms with E-state index in [9.17, 15) is 9.59 Å². The fraction of sp³-hybridized carbons (Fsp3) is 0.588. The number of rotatable bonds is 7. The van der Waals surface area contributed by atoms with Gasteiger partial charge in [0.15, 0.2) is 0 Å². The number of aryl methyl sites for hydroxylation is 1. The van der Waals surface area contributed by atoms with Gasteiger partial charge in [0.25, 0.3) is 0 Å². The first-order chi connectivity index (χ1) is 12.2.